The molecule has 0 aliphatic rings. The van der Waals surface area contributed by atoms with Crippen LogP contribution in [0.1, 0.15) is 11.6 Å². The number of thioether (sulfide) groups is 1. The summed E-state index contributed by atoms with van der Waals surface area (Å²) in [7, 11) is 2.06. The molecule has 0 bridgehead atoms. The van der Waals surface area contributed by atoms with Gasteiger partial charge in [-0.05, 0) is 37.1 Å². The average molecular weight is 293 g/mol. The van der Waals surface area contributed by atoms with Gasteiger partial charge in [-0.2, -0.15) is 11.8 Å². The van der Waals surface area contributed by atoms with Crippen LogP contribution in [0.5, 0.6) is 0 Å². The molecule has 96 valence electrons. The third-order valence-electron chi connectivity index (χ3n) is 2.72. The van der Waals surface area contributed by atoms with Crippen LogP contribution in [0.15, 0.2) is 18.2 Å². The first kappa shape index (κ1) is 15.1. The molecule has 0 spiro atoms. The van der Waals surface area contributed by atoms with Gasteiger partial charge in [0.15, 0.2) is 0 Å². The largest absolute Gasteiger partial charge is 0.329 e. The van der Waals surface area contributed by atoms with Crippen LogP contribution in [0.3, 0.4) is 0 Å². The van der Waals surface area contributed by atoms with Gasteiger partial charge in [-0.1, -0.05) is 23.2 Å². The molecule has 0 aliphatic heterocycles. The van der Waals surface area contributed by atoms with Crippen molar-refractivity contribution in [2.24, 2.45) is 5.73 Å². The van der Waals surface area contributed by atoms with Crippen LogP contribution in [0.2, 0.25) is 10.0 Å². The summed E-state index contributed by atoms with van der Waals surface area (Å²) in [6.07, 6.45) is 2.09. The van der Waals surface area contributed by atoms with E-state index in [1.807, 2.05) is 23.9 Å². The van der Waals surface area contributed by atoms with Crippen molar-refractivity contribution < 1.29 is 0 Å². The zero-order valence-electron chi connectivity index (χ0n) is 10.1. The van der Waals surface area contributed by atoms with E-state index in [2.05, 4.69) is 18.2 Å². The number of nitrogens with two attached hydrogens (primary N) is 1. The first-order valence-electron chi connectivity index (χ1n) is 5.44. The van der Waals surface area contributed by atoms with Crippen molar-refractivity contribution in [1.82, 2.24) is 4.90 Å². The molecule has 17 heavy (non-hydrogen) atoms. The number of nitrogens with zero attached hydrogens (tertiary/aromatic N) is 1. The van der Waals surface area contributed by atoms with Crippen molar-refractivity contribution in [3.05, 3.63) is 33.8 Å². The second-order valence-corrected chi connectivity index (χ2v) is 5.72. The van der Waals surface area contributed by atoms with Crippen molar-refractivity contribution in [3.63, 3.8) is 0 Å². The lowest BCUT2D eigenvalue weighted by atomic mass is 10.1. The second kappa shape index (κ2) is 7.49. The fourth-order valence-corrected chi connectivity index (χ4v) is 2.60. The van der Waals surface area contributed by atoms with Crippen LogP contribution < -0.4 is 5.73 Å². The maximum Gasteiger partial charge on any atom is 0.0483 e. The van der Waals surface area contributed by atoms with Gasteiger partial charge in [0.2, 0.25) is 0 Å². The standard InChI is InChI=1S/C12H18Cl2N2S/c1-16(5-6-17-2)12(8-15)10-7-9(13)3-4-11(10)14/h3-4,7,12H,5-6,8,15H2,1-2H3. The van der Waals surface area contributed by atoms with E-state index in [1.165, 1.54) is 0 Å². The molecule has 0 radical (unpaired) electrons. The summed E-state index contributed by atoms with van der Waals surface area (Å²) in [5, 5.41) is 1.42. The zero-order valence-corrected chi connectivity index (χ0v) is 12.4. The lowest BCUT2D eigenvalue weighted by molar-refractivity contribution is 0.266. The molecular weight excluding hydrogens is 275 g/mol. The highest BCUT2D eigenvalue weighted by Gasteiger charge is 2.18. The number of rotatable bonds is 6. The Labute approximate surface area is 117 Å². The molecule has 2 nitrogen and oxygen atoms in total. The summed E-state index contributed by atoms with van der Waals surface area (Å²) in [5.41, 5.74) is 6.85. The summed E-state index contributed by atoms with van der Waals surface area (Å²) in [4.78, 5) is 2.22. The fraction of sp³-hybridized carbons (Fsp3) is 0.500. The van der Waals surface area contributed by atoms with Crippen molar-refractivity contribution >= 4 is 35.0 Å². The average Bonchev–Trinajstić information content (AvgIpc) is 2.32. The summed E-state index contributed by atoms with van der Waals surface area (Å²) < 4.78 is 0. The molecular formula is C12H18Cl2N2S. The number of likely N-dealkylation sites (N-methyl/N-ethyl adjacent to an activating group) is 1. The molecule has 0 amide bonds. The minimum Gasteiger partial charge on any atom is -0.329 e. The highest BCUT2D eigenvalue weighted by atomic mass is 35.5. The predicted octanol–water partition coefficient (Wildman–Crippen LogP) is 3.29. The Morgan fingerprint density at radius 2 is 2.12 bits per heavy atom. The highest BCUT2D eigenvalue weighted by molar-refractivity contribution is 7.98. The summed E-state index contributed by atoms with van der Waals surface area (Å²) in [5.74, 6) is 1.07. The molecule has 1 rings (SSSR count). The second-order valence-electron chi connectivity index (χ2n) is 3.89. The van der Waals surface area contributed by atoms with E-state index in [0.29, 0.717) is 11.6 Å². The molecule has 0 aromatic heterocycles. The third-order valence-corrected chi connectivity index (χ3v) is 3.89. The van der Waals surface area contributed by atoms with Gasteiger partial charge in [0.05, 0.1) is 0 Å². The Bertz CT molecular complexity index is 360. The molecule has 1 aromatic rings. The molecule has 1 unspecified atom stereocenters. The molecule has 1 aromatic carbocycles. The van der Waals surface area contributed by atoms with E-state index in [1.54, 1.807) is 6.07 Å². The van der Waals surface area contributed by atoms with Crippen LogP contribution >= 0.6 is 35.0 Å². The number of hydrogen-bond acceptors (Lipinski definition) is 3. The summed E-state index contributed by atoms with van der Waals surface area (Å²) in [6, 6.07) is 5.64. The number of benzene rings is 1. The smallest absolute Gasteiger partial charge is 0.0483 e. The van der Waals surface area contributed by atoms with Crippen LogP contribution in [0.4, 0.5) is 0 Å². The Hall–Kier alpha value is 0.0700. The summed E-state index contributed by atoms with van der Waals surface area (Å²) in [6.45, 7) is 1.51. The van der Waals surface area contributed by atoms with Gasteiger partial charge in [0.25, 0.3) is 0 Å². The highest BCUT2D eigenvalue weighted by Crippen LogP contribution is 2.28. The maximum atomic E-state index is 6.20. The van der Waals surface area contributed by atoms with Gasteiger partial charge < -0.3 is 5.73 Å². The first-order chi connectivity index (χ1) is 8.10. The van der Waals surface area contributed by atoms with E-state index >= 15 is 0 Å². The molecule has 0 saturated heterocycles. The molecule has 0 fully saturated rings. The van der Waals surface area contributed by atoms with Crippen molar-refractivity contribution in [3.8, 4) is 0 Å². The lowest BCUT2D eigenvalue weighted by Gasteiger charge is -2.28. The number of halogens is 2. The van der Waals surface area contributed by atoms with Crippen LogP contribution in [0.25, 0.3) is 0 Å². The third kappa shape index (κ3) is 4.34. The normalized spacial score (nSPS) is 13.1. The van der Waals surface area contributed by atoms with Gasteiger partial charge in [0, 0.05) is 34.9 Å². The van der Waals surface area contributed by atoms with Crippen molar-refractivity contribution in [1.29, 1.82) is 0 Å². The summed E-state index contributed by atoms with van der Waals surface area (Å²) >= 11 is 14.0. The Morgan fingerprint density at radius 3 is 2.71 bits per heavy atom. The minimum atomic E-state index is 0.119. The van der Waals surface area contributed by atoms with Crippen LogP contribution in [-0.2, 0) is 0 Å². The van der Waals surface area contributed by atoms with Crippen molar-refractivity contribution in [2.75, 3.05) is 32.1 Å². The predicted molar refractivity (Wildman–Crippen MR) is 79.3 cm³/mol. The fourth-order valence-electron chi connectivity index (χ4n) is 1.71. The van der Waals surface area contributed by atoms with Gasteiger partial charge in [-0.25, -0.2) is 0 Å². The molecule has 5 heteroatoms. The zero-order chi connectivity index (χ0) is 12.8. The van der Waals surface area contributed by atoms with Gasteiger partial charge in [-0.3, -0.25) is 4.90 Å². The molecule has 2 N–H and O–H groups in total. The van der Waals surface area contributed by atoms with Gasteiger partial charge in [-0.15, -0.1) is 0 Å². The Balaban J connectivity index is 2.88. The Kier molecular flexibility index (Phi) is 6.67. The quantitative estimate of drug-likeness (QED) is 0.872. The first-order valence-corrected chi connectivity index (χ1v) is 7.59. The van der Waals surface area contributed by atoms with Crippen LogP contribution in [0, 0.1) is 0 Å². The molecule has 1 atom stereocenters. The molecule has 0 aliphatic carbocycles. The lowest BCUT2D eigenvalue weighted by Crippen LogP contribution is -2.32. The van der Waals surface area contributed by atoms with E-state index in [0.717, 1.165) is 22.9 Å². The molecule has 0 saturated carbocycles. The van der Waals surface area contributed by atoms with Gasteiger partial charge >= 0.3 is 0 Å². The van der Waals surface area contributed by atoms with E-state index < -0.39 is 0 Å². The topological polar surface area (TPSA) is 29.3 Å². The number of hydrogen-bond donors (Lipinski definition) is 1. The van der Waals surface area contributed by atoms with Gasteiger partial charge in [0.1, 0.15) is 0 Å². The SMILES string of the molecule is CSCCN(C)C(CN)c1cc(Cl)ccc1Cl. The van der Waals surface area contributed by atoms with Crippen molar-refractivity contribution in [2.45, 2.75) is 6.04 Å². The monoisotopic (exact) mass is 292 g/mol. The minimum absolute atomic E-state index is 0.119. The van der Waals surface area contributed by atoms with Crippen LogP contribution in [-0.4, -0.2) is 37.0 Å². The van der Waals surface area contributed by atoms with E-state index in [9.17, 15) is 0 Å². The van der Waals surface area contributed by atoms with E-state index in [-0.39, 0.29) is 6.04 Å². The maximum absolute atomic E-state index is 6.20. The molecule has 0 heterocycles. The van der Waals surface area contributed by atoms with E-state index in [4.69, 9.17) is 28.9 Å². The Morgan fingerprint density at radius 1 is 1.41 bits per heavy atom.